The van der Waals surface area contributed by atoms with Crippen LogP contribution in [0.5, 0.6) is 0 Å². The summed E-state index contributed by atoms with van der Waals surface area (Å²) in [5.41, 5.74) is 3.64. The van der Waals surface area contributed by atoms with Gasteiger partial charge < -0.3 is 4.90 Å². The highest BCUT2D eigenvalue weighted by Crippen LogP contribution is 2.53. The summed E-state index contributed by atoms with van der Waals surface area (Å²) in [4.78, 5) is 16.8. The summed E-state index contributed by atoms with van der Waals surface area (Å²) in [6, 6.07) is 6.35. The van der Waals surface area contributed by atoms with Crippen LogP contribution < -0.4 is 4.90 Å². The van der Waals surface area contributed by atoms with Crippen LogP contribution in [0, 0.1) is 0 Å². The molecule has 16 heavy (non-hydrogen) atoms. The predicted molar refractivity (Wildman–Crippen MR) is 62.4 cm³/mol. The predicted octanol–water partition coefficient (Wildman–Crippen LogP) is 2.00. The van der Waals surface area contributed by atoms with Gasteiger partial charge in [0.15, 0.2) is 0 Å². The lowest BCUT2D eigenvalue weighted by atomic mass is 9.99. The molecule has 1 heterocycles. The van der Waals surface area contributed by atoms with Crippen LogP contribution in [0.3, 0.4) is 0 Å². The molecule has 3 rings (SSSR count). The van der Waals surface area contributed by atoms with E-state index in [0.29, 0.717) is 0 Å². The second-order valence-corrected chi connectivity index (χ2v) is 4.72. The van der Waals surface area contributed by atoms with Crippen LogP contribution in [0.15, 0.2) is 23.2 Å². The molecule has 0 unspecified atom stereocenters. The smallest absolute Gasteiger partial charge is 0.235 e. The lowest BCUT2D eigenvalue weighted by Gasteiger charge is -2.19. The van der Waals surface area contributed by atoms with E-state index in [4.69, 9.17) is 0 Å². The first-order valence-electron chi connectivity index (χ1n) is 5.69. The largest absolute Gasteiger partial charge is 0.374 e. The summed E-state index contributed by atoms with van der Waals surface area (Å²) in [7, 11) is 2.11. The Labute approximate surface area is 94.8 Å². The fraction of sp³-hybridized carbons (Fsp3) is 0.462. The minimum atomic E-state index is -0.244. The fourth-order valence-corrected chi connectivity index (χ4v) is 2.67. The quantitative estimate of drug-likeness (QED) is 0.557. The van der Waals surface area contributed by atoms with E-state index >= 15 is 0 Å². The number of fused-ring (bicyclic) bond motifs is 1. The lowest BCUT2D eigenvalue weighted by Crippen LogP contribution is -2.16. The minimum Gasteiger partial charge on any atom is -0.374 e. The van der Waals surface area contributed by atoms with Crippen molar-refractivity contribution in [1.29, 1.82) is 0 Å². The Kier molecular flexibility index (Phi) is 1.92. The Balaban J connectivity index is 2.16. The van der Waals surface area contributed by atoms with Crippen molar-refractivity contribution in [2.45, 2.75) is 24.8 Å². The molecule has 3 heteroatoms. The summed E-state index contributed by atoms with van der Waals surface area (Å²) in [5, 5.41) is 0. The van der Waals surface area contributed by atoms with Crippen molar-refractivity contribution < 1.29 is 4.79 Å². The molecule has 1 saturated carbocycles. The lowest BCUT2D eigenvalue weighted by molar-refractivity contribution is 0.556. The number of likely N-dealkylation sites (N-methyl/N-ethyl adjacent to an activating group) is 1. The van der Waals surface area contributed by atoms with E-state index in [9.17, 15) is 4.79 Å². The second kappa shape index (κ2) is 3.19. The average Bonchev–Trinajstić information content (AvgIpc) is 2.98. The SMILES string of the molecule is CN1CCc2cccc(C3(N=C=O)CC3)c21. The topological polar surface area (TPSA) is 32.7 Å². The summed E-state index contributed by atoms with van der Waals surface area (Å²) in [5.74, 6) is 0. The first-order chi connectivity index (χ1) is 7.77. The van der Waals surface area contributed by atoms with Gasteiger partial charge in [0.2, 0.25) is 6.08 Å². The number of carbonyl (C=O) groups excluding carboxylic acids is 1. The van der Waals surface area contributed by atoms with Crippen molar-refractivity contribution in [2.75, 3.05) is 18.5 Å². The van der Waals surface area contributed by atoms with Crippen molar-refractivity contribution in [3.63, 3.8) is 0 Å². The molecular weight excluding hydrogens is 200 g/mol. The molecule has 0 N–H and O–H groups in total. The first-order valence-corrected chi connectivity index (χ1v) is 5.69. The van der Waals surface area contributed by atoms with E-state index in [-0.39, 0.29) is 5.54 Å². The molecule has 82 valence electrons. The number of anilines is 1. The summed E-state index contributed by atoms with van der Waals surface area (Å²) in [6.45, 7) is 1.06. The van der Waals surface area contributed by atoms with Gasteiger partial charge in [-0.15, -0.1) is 0 Å². The van der Waals surface area contributed by atoms with Gasteiger partial charge in [0.05, 0.1) is 0 Å². The molecule has 1 fully saturated rings. The maximum atomic E-state index is 10.5. The van der Waals surface area contributed by atoms with Crippen LogP contribution in [0.25, 0.3) is 0 Å². The van der Waals surface area contributed by atoms with E-state index in [1.165, 1.54) is 16.8 Å². The molecular formula is C13H14N2O. The van der Waals surface area contributed by atoms with E-state index in [1.807, 2.05) is 0 Å². The van der Waals surface area contributed by atoms with Crippen LogP contribution in [-0.4, -0.2) is 19.7 Å². The Morgan fingerprint density at radius 2 is 2.25 bits per heavy atom. The number of hydrogen-bond acceptors (Lipinski definition) is 3. The zero-order valence-electron chi connectivity index (χ0n) is 9.36. The van der Waals surface area contributed by atoms with Crippen molar-refractivity contribution in [1.82, 2.24) is 0 Å². The summed E-state index contributed by atoms with van der Waals surface area (Å²) < 4.78 is 0. The number of para-hydroxylation sites is 1. The molecule has 0 aromatic heterocycles. The number of benzene rings is 1. The molecule has 0 radical (unpaired) electrons. The molecule has 3 nitrogen and oxygen atoms in total. The standard InChI is InChI=1S/C13H14N2O/c1-15-8-5-10-3-2-4-11(12(10)15)13(6-7-13)14-9-16/h2-4H,5-8H2,1H3. The molecule has 1 aromatic carbocycles. The summed E-state index contributed by atoms with van der Waals surface area (Å²) >= 11 is 0. The maximum Gasteiger partial charge on any atom is 0.235 e. The van der Waals surface area contributed by atoms with Gasteiger partial charge in [-0.2, -0.15) is 4.99 Å². The van der Waals surface area contributed by atoms with Gasteiger partial charge >= 0.3 is 0 Å². The Bertz CT molecular complexity index is 485. The van der Waals surface area contributed by atoms with Crippen LogP contribution in [0.1, 0.15) is 24.0 Å². The minimum absolute atomic E-state index is 0.244. The third-order valence-electron chi connectivity index (χ3n) is 3.70. The highest BCUT2D eigenvalue weighted by Gasteiger charge is 2.47. The Morgan fingerprint density at radius 1 is 1.44 bits per heavy atom. The Morgan fingerprint density at radius 3 is 2.94 bits per heavy atom. The maximum absolute atomic E-state index is 10.5. The highest BCUT2D eigenvalue weighted by atomic mass is 16.1. The number of nitrogens with zero attached hydrogens (tertiary/aromatic N) is 2. The third kappa shape index (κ3) is 1.22. The van der Waals surface area contributed by atoms with Gasteiger partial charge in [0.25, 0.3) is 0 Å². The Hall–Kier alpha value is -1.60. The molecule has 0 atom stereocenters. The number of hydrogen-bond donors (Lipinski definition) is 0. The first kappa shape index (κ1) is 9.61. The molecule has 0 saturated heterocycles. The van der Waals surface area contributed by atoms with Gasteiger partial charge in [0.1, 0.15) is 5.54 Å². The monoisotopic (exact) mass is 214 g/mol. The second-order valence-electron chi connectivity index (χ2n) is 4.72. The number of isocyanates is 1. The van der Waals surface area contributed by atoms with Gasteiger partial charge in [-0.3, -0.25) is 0 Å². The van der Waals surface area contributed by atoms with Crippen molar-refractivity contribution in [3.8, 4) is 0 Å². The van der Waals surface area contributed by atoms with E-state index in [1.54, 1.807) is 6.08 Å². The molecule has 0 spiro atoms. The molecule has 1 aliphatic heterocycles. The van der Waals surface area contributed by atoms with Gasteiger partial charge in [-0.25, -0.2) is 4.79 Å². The van der Waals surface area contributed by atoms with Crippen molar-refractivity contribution >= 4 is 11.8 Å². The zero-order chi connectivity index (χ0) is 11.2. The average molecular weight is 214 g/mol. The van der Waals surface area contributed by atoms with Gasteiger partial charge in [-0.05, 0) is 24.8 Å². The highest BCUT2D eigenvalue weighted by molar-refractivity contribution is 5.66. The molecule has 2 aliphatic rings. The van der Waals surface area contributed by atoms with Crippen LogP contribution in [0.2, 0.25) is 0 Å². The van der Waals surface area contributed by atoms with Gasteiger partial charge in [-0.1, -0.05) is 18.2 Å². The van der Waals surface area contributed by atoms with Crippen LogP contribution >= 0.6 is 0 Å². The van der Waals surface area contributed by atoms with E-state index in [2.05, 4.69) is 35.1 Å². The fourth-order valence-electron chi connectivity index (χ4n) is 2.67. The normalized spacial score (nSPS) is 20.2. The molecule has 1 aliphatic carbocycles. The molecule has 0 bridgehead atoms. The number of aliphatic imine (C=N–C) groups is 1. The van der Waals surface area contributed by atoms with E-state index in [0.717, 1.165) is 25.8 Å². The summed E-state index contributed by atoms with van der Waals surface area (Å²) in [6.07, 6.45) is 4.79. The van der Waals surface area contributed by atoms with Crippen molar-refractivity contribution in [2.24, 2.45) is 4.99 Å². The third-order valence-corrected chi connectivity index (χ3v) is 3.70. The van der Waals surface area contributed by atoms with Crippen LogP contribution in [-0.2, 0) is 16.8 Å². The zero-order valence-corrected chi connectivity index (χ0v) is 9.36. The van der Waals surface area contributed by atoms with E-state index < -0.39 is 0 Å². The van der Waals surface area contributed by atoms with Crippen LogP contribution in [0.4, 0.5) is 5.69 Å². The molecule has 0 amide bonds. The van der Waals surface area contributed by atoms with Crippen molar-refractivity contribution in [3.05, 3.63) is 29.3 Å². The van der Waals surface area contributed by atoms with Gasteiger partial charge in [0, 0.05) is 24.8 Å². The number of rotatable bonds is 2. The molecule has 1 aromatic rings.